The van der Waals surface area contributed by atoms with E-state index in [0.717, 1.165) is 0 Å². The van der Waals surface area contributed by atoms with E-state index >= 15 is 0 Å². The van der Waals surface area contributed by atoms with E-state index in [1.54, 1.807) is 17.1 Å². The van der Waals surface area contributed by atoms with Crippen LogP contribution in [0.15, 0.2) is 12.4 Å². The second-order valence-corrected chi connectivity index (χ2v) is 2.92. The first-order valence-electron chi connectivity index (χ1n) is 3.83. The molecular weight excluding hydrogens is 152 g/mol. The minimum Gasteiger partial charge on any atom is -0.376 e. The van der Waals surface area contributed by atoms with E-state index in [2.05, 4.69) is 11.0 Å². The second kappa shape index (κ2) is 3.42. The number of aliphatic hydroxyl groups is 1. The molecule has 3 heteroatoms. The van der Waals surface area contributed by atoms with E-state index < -0.39 is 6.10 Å². The lowest BCUT2D eigenvalue weighted by Crippen LogP contribution is -2.00. The molecule has 0 aliphatic rings. The van der Waals surface area contributed by atoms with E-state index in [1.807, 2.05) is 13.8 Å². The smallest absolute Gasteiger partial charge is 0.143 e. The zero-order valence-corrected chi connectivity index (χ0v) is 7.23. The maximum absolute atomic E-state index is 9.23. The van der Waals surface area contributed by atoms with Crippen LogP contribution in [0.1, 0.15) is 31.6 Å². The fraction of sp³-hybridized carbons (Fsp3) is 0.444. The van der Waals surface area contributed by atoms with E-state index in [1.165, 1.54) is 0 Å². The van der Waals surface area contributed by atoms with E-state index in [9.17, 15) is 5.11 Å². The van der Waals surface area contributed by atoms with Crippen molar-refractivity contribution in [3.8, 4) is 12.3 Å². The predicted octanol–water partition coefficient (Wildman–Crippen LogP) is 1.13. The van der Waals surface area contributed by atoms with Crippen molar-refractivity contribution >= 4 is 0 Å². The minimum atomic E-state index is -0.836. The van der Waals surface area contributed by atoms with Crippen LogP contribution in [0, 0.1) is 12.3 Å². The molecule has 1 aromatic heterocycles. The van der Waals surface area contributed by atoms with Gasteiger partial charge >= 0.3 is 0 Å². The van der Waals surface area contributed by atoms with Gasteiger partial charge in [-0.25, -0.2) is 0 Å². The molecule has 1 rings (SSSR count). The molecule has 0 amide bonds. The fourth-order valence-electron chi connectivity index (χ4n) is 0.873. The molecule has 0 spiro atoms. The first kappa shape index (κ1) is 8.82. The van der Waals surface area contributed by atoms with Gasteiger partial charge in [0.15, 0.2) is 0 Å². The number of aromatic nitrogens is 2. The lowest BCUT2D eigenvalue weighted by atomic mass is 10.2. The Balaban J connectivity index is 2.86. The van der Waals surface area contributed by atoms with Crippen molar-refractivity contribution < 1.29 is 5.11 Å². The molecule has 0 saturated heterocycles. The van der Waals surface area contributed by atoms with Gasteiger partial charge in [0.2, 0.25) is 0 Å². The molecule has 3 nitrogen and oxygen atoms in total. The van der Waals surface area contributed by atoms with Crippen molar-refractivity contribution in [1.82, 2.24) is 9.78 Å². The summed E-state index contributed by atoms with van der Waals surface area (Å²) < 4.78 is 1.76. The minimum absolute atomic E-state index is 0.295. The highest BCUT2D eigenvalue weighted by Gasteiger charge is 2.07. The molecular formula is C9H12N2O. The third-order valence-electron chi connectivity index (χ3n) is 1.62. The van der Waals surface area contributed by atoms with Gasteiger partial charge in [-0.1, -0.05) is 5.92 Å². The van der Waals surface area contributed by atoms with Crippen LogP contribution in [0.3, 0.4) is 0 Å². The van der Waals surface area contributed by atoms with Gasteiger partial charge in [0.25, 0.3) is 0 Å². The van der Waals surface area contributed by atoms with Crippen LogP contribution < -0.4 is 0 Å². The number of nitrogens with zero attached hydrogens (tertiary/aromatic N) is 2. The summed E-state index contributed by atoms with van der Waals surface area (Å²) >= 11 is 0. The highest BCUT2D eigenvalue weighted by Crippen LogP contribution is 2.12. The summed E-state index contributed by atoms with van der Waals surface area (Å²) in [6, 6.07) is 0.295. The van der Waals surface area contributed by atoms with Gasteiger partial charge in [-0.15, -0.1) is 6.42 Å². The van der Waals surface area contributed by atoms with E-state index in [4.69, 9.17) is 6.42 Å². The van der Waals surface area contributed by atoms with Gasteiger partial charge in [-0.05, 0) is 13.8 Å². The molecule has 0 bridgehead atoms. The quantitative estimate of drug-likeness (QED) is 0.665. The average molecular weight is 164 g/mol. The lowest BCUT2D eigenvalue weighted by molar-refractivity contribution is 0.238. The summed E-state index contributed by atoms with van der Waals surface area (Å²) in [6.45, 7) is 4.03. The summed E-state index contributed by atoms with van der Waals surface area (Å²) in [6.07, 6.45) is 7.56. The molecule has 1 atom stereocenters. The van der Waals surface area contributed by atoms with Crippen LogP contribution in [0.4, 0.5) is 0 Å². The Hall–Kier alpha value is -1.27. The predicted molar refractivity (Wildman–Crippen MR) is 46.4 cm³/mol. The van der Waals surface area contributed by atoms with Gasteiger partial charge in [-0.3, -0.25) is 4.68 Å². The van der Waals surface area contributed by atoms with Crippen molar-refractivity contribution in [3.05, 3.63) is 18.0 Å². The number of aliphatic hydroxyl groups excluding tert-OH is 1. The molecule has 0 fully saturated rings. The Labute approximate surface area is 72.0 Å². The first-order chi connectivity index (χ1) is 5.65. The molecule has 0 aliphatic heterocycles. The molecule has 0 radical (unpaired) electrons. The summed E-state index contributed by atoms with van der Waals surface area (Å²) in [7, 11) is 0. The van der Waals surface area contributed by atoms with Gasteiger partial charge in [0.05, 0.1) is 6.20 Å². The monoisotopic (exact) mass is 164 g/mol. The highest BCUT2D eigenvalue weighted by atomic mass is 16.3. The highest BCUT2D eigenvalue weighted by molar-refractivity contribution is 5.17. The third-order valence-corrected chi connectivity index (χ3v) is 1.62. The lowest BCUT2D eigenvalue weighted by Gasteiger charge is -2.03. The van der Waals surface area contributed by atoms with Gasteiger partial charge < -0.3 is 5.11 Å². The Morgan fingerprint density at radius 2 is 2.33 bits per heavy atom. The summed E-state index contributed by atoms with van der Waals surface area (Å²) in [5.41, 5.74) is 0.672. The van der Waals surface area contributed by atoms with Crippen molar-refractivity contribution in [2.24, 2.45) is 0 Å². The van der Waals surface area contributed by atoms with Gasteiger partial charge in [-0.2, -0.15) is 5.10 Å². The second-order valence-electron chi connectivity index (χ2n) is 2.92. The van der Waals surface area contributed by atoms with Crippen LogP contribution in [0.2, 0.25) is 0 Å². The SMILES string of the molecule is C#CC(O)c1cnn(C(C)C)c1. The molecule has 1 N–H and O–H groups in total. The van der Waals surface area contributed by atoms with Crippen LogP contribution in [0.5, 0.6) is 0 Å². The molecule has 1 unspecified atom stereocenters. The van der Waals surface area contributed by atoms with Crippen molar-refractivity contribution in [3.63, 3.8) is 0 Å². The van der Waals surface area contributed by atoms with Crippen LogP contribution in [-0.4, -0.2) is 14.9 Å². The third kappa shape index (κ3) is 1.66. The Morgan fingerprint density at radius 1 is 1.67 bits per heavy atom. The average Bonchev–Trinajstić information content (AvgIpc) is 2.51. The molecule has 0 aliphatic carbocycles. The maximum Gasteiger partial charge on any atom is 0.143 e. The van der Waals surface area contributed by atoms with Crippen molar-refractivity contribution in [2.75, 3.05) is 0 Å². The van der Waals surface area contributed by atoms with Crippen molar-refractivity contribution in [1.29, 1.82) is 0 Å². The van der Waals surface area contributed by atoms with Crippen molar-refractivity contribution in [2.45, 2.75) is 26.0 Å². The molecule has 1 heterocycles. The van der Waals surface area contributed by atoms with Crippen LogP contribution in [-0.2, 0) is 0 Å². The summed E-state index contributed by atoms with van der Waals surface area (Å²) in [4.78, 5) is 0. The number of hydrogen-bond acceptors (Lipinski definition) is 2. The fourth-order valence-corrected chi connectivity index (χ4v) is 0.873. The Kier molecular flexibility index (Phi) is 2.51. The summed E-state index contributed by atoms with van der Waals surface area (Å²) in [5, 5.41) is 13.3. The molecule has 12 heavy (non-hydrogen) atoms. The topological polar surface area (TPSA) is 38.1 Å². The first-order valence-corrected chi connectivity index (χ1v) is 3.83. The van der Waals surface area contributed by atoms with Gasteiger partial charge in [0.1, 0.15) is 6.10 Å². The number of hydrogen-bond donors (Lipinski definition) is 1. The zero-order chi connectivity index (χ0) is 9.14. The van der Waals surface area contributed by atoms with Crippen LogP contribution >= 0.6 is 0 Å². The maximum atomic E-state index is 9.23. The number of terminal acetylenes is 1. The summed E-state index contributed by atoms with van der Waals surface area (Å²) in [5.74, 6) is 2.24. The number of rotatable bonds is 2. The Morgan fingerprint density at radius 3 is 2.75 bits per heavy atom. The molecule has 64 valence electrons. The van der Waals surface area contributed by atoms with E-state index in [-0.39, 0.29) is 0 Å². The zero-order valence-electron chi connectivity index (χ0n) is 7.23. The molecule has 0 saturated carbocycles. The standard InChI is InChI=1S/C9H12N2O/c1-4-9(12)8-5-10-11(6-8)7(2)3/h1,5-7,9,12H,2-3H3. The molecule has 0 aromatic carbocycles. The molecule has 1 aromatic rings. The normalized spacial score (nSPS) is 12.9. The van der Waals surface area contributed by atoms with E-state index in [0.29, 0.717) is 11.6 Å². The van der Waals surface area contributed by atoms with Crippen LogP contribution in [0.25, 0.3) is 0 Å². The van der Waals surface area contributed by atoms with Gasteiger partial charge in [0, 0.05) is 17.8 Å². The Bertz CT molecular complexity index is 296. The largest absolute Gasteiger partial charge is 0.376 e.